The van der Waals surface area contributed by atoms with Crippen LogP contribution >= 0.6 is 31.9 Å². The maximum atomic E-state index is 4.01. The Hall–Kier alpha value is -1.38. The number of fused-ring (bicyclic) bond motifs is 5. The first-order valence-electron chi connectivity index (χ1n) is 23.3. The first-order chi connectivity index (χ1) is 26.4. The molecule has 54 heavy (non-hydrogen) atoms. The van der Waals surface area contributed by atoms with E-state index in [2.05, 4.69) is 108 Å². The molecular formula is C52H76Br2. The fourth-order valence-electron chi connectivity index (χ4n) is 10.6. The highest BCUT2D eigenvalue weighted by molar-refractivity contribution is 9.10. The van der Waals surface area contributed by atoms with Crippen LogP contribution in [-0.4, -0.2) is 0 Å². The molecule has 0 aromatic heterocycles. The monoisotopic (exact) mass is 858 g/mol. The molecule has 0 spiro atoms. The van der Waals surface area contributed by atoms with Crippen LogP contribution in [0.15, 0.2) is 62.6 Å². The third-order valence-electron chi connectivity index (χ3n) is 13.4. The minimum atomic E-state index is 0.0727. The summed E-state index contributed by atoms with van der Waals surface area (Å²) in [6, 6.07) is 14.6. The third kappa shape index (κ3) is 10.8. The number of hydrogen-bond acceptors (Lipinski definition) is 0. The molecule has 0 fully saturated rings. The molecule has 3 aliphatic rings. The average Bonchev–Trinajstić information content (AvgIpc) is 3.67. The molecule has 0 atom stereocenters. The molecule has 0 radical (unpaired) electrons. The number of unbranched alkanes of at least 4 members (excludes halogenated alkanes) is 20. The van der Waals surface area contributed by atoms with Gasteiger partial charge in [0.25, 0.3) is 0 Å². The van der Waals surface area contributed by atoms with Crippen LogP contribution in [0.25, 0.3) is 17.2 Å². The van der Waals surface area contributed by atoms with E-state index in [-0.39, 0.29) is 10.8 Å². The van der Waals surface area contributed by atoms with E-state index in [0.717, 1.165) is 0 Å². The Bertz CT molecular complexity index is 1620. The molecule has 5 rings (SSSR count). The van der Waals surface area contributed by atoms with E-state index in [0.29, 0.717) is 0 Å². The van der Waals surface area contributed by atoms with Crippen LogP contribution in [0.4, 0.5) is 0 Å². The SMILES string of the molecule is CCCCCCCCC1(CCCCCCCC)C=C2C(=C3C=c4ccc(Br)cc4=C31)C(CCCCCCCC)(CCCCCCCC)c1cc(Br)ccc12. The Kier molecular flexibility index (Phi) is 18.2. The zero-order chi connectivity index (χ0) is 38.2. The number of benzene rings is 2. The molecular weight excluding hydrogens is 784 g/mol. The van der Waals surface area contributed by atoms with Crippen LogP contribution in [0.2, 0.25) is 0 Å². The lowest BCUT2D eigenvalue weighted by atomic mass is 9.61. The van der Waals surface area contributed by atoms with Crippen molar-refractivity contribution in [3.05, 3.63) is 84.1 Å². The van der Waals surface area contributed by atoms with Gasteiger partial charge < -0.3 is 0 Å². The summed E-state index contributed by atoms with van der Waals surface area (Å²) in [5, 5.41) is 2.97. The van der Waals surface area contributed by atoms with Crippen LogP contribution < -0.4 is 10.4 Å². The third-order valence-corrected chi connectivity index (χ3v) is 14.4. The van der Waals surface area contributed by atoms with Crippen LogP contribution in [-0.2, 0) is 5.41 Å². The van der Waals surface area contributed by atoms with E-state index in [4.69, 9.17) is 0 Å². The minimum Gasteiger partial charge on any atom is -0.0657 e. The van der Waals surface area contributed by atoms with Gasteiger partial charge in [0.05, 0.1) is 0 Å². The predicted molar refractivity (Wildman–Crippen MR) is 246 cm³/mol. The van der Waals surface area contributed by atoms with Crippen LogP contribution in [0.1, 0.15) is 219 Å². The van der Waals surface area contributed by atoms with E-state index in [1.165, 1.54) is 199 Å². The van der Waals surface area contributed by atoms with Gasteiger partial charge in [0.1, 0.15) is 0 Å². The summed E-state index contributed by atoms with van der Waals surface area (Å²) >= 11 is 7.97. The smallest absolute Gasteiger partial charge is 0.0221 e. The zero-order valence-electron chi connectivity index (χ0n) is 35.2. The van der Waals surface area contributed by atoms with Gasteiger partial charge in [0.15, 0.2) is 0 Å². The van der Waals surface area contributed by atoms with Crippen molar-refractivity contribution >= 4 is 49.1 Å². The van der Waals surface area contributed by atoms with Crippen molar-refractivity contribution in [3.8, 4) is 0 Å². The highest BCUT2D eigenvalue weighted by Crippen LogP contribution is 2.63. The van der Waals surface area contributed by atoms with Gasteiger partial charge in [-0.1, -0.05) is 232 Å². The van der Waals surface area contributed by atoms with Gasteiger partial charge in [0, 0.05) is 19.8 Å². The van der Waals surface area contributed by atoms with Crippen molar-refractivity contribution in [1.82, 2.24) is 0 Å². The summed E-state index contributed by atoms with van der Waals surface area (Å²) in [6.07, 6.45) is 43.3. The van der Waals surface area contributed by atoms with Gasteiger partial charge >= 0.3 is 0 Å². The van der Waals surface area contributed by atoms with Crippen molar-refractivity contribution < 1.29 is 0 Å². The van der Waals surface area contributed by atoms with Gasteiger partial charge in [0.2, 0.25) is 0 Å². The molecule has 2 heteroatoms. The number of halogens is 2. The molecule has 0 nitrogen and oxygen atoms in total. The molecule has 0 saturated heterocycles. The van der Waals surface area contributed by atoms with E-state index in [9.17, 15) is 0 Å². The molecule has 2 aromatic rings. The van der Waals surface area contributed by atoms with E-state index >= 15 is 0 Å². The predicted octanol–water partition coefficient (Wildman–Crippen LogP) is 16.8. The second-order valence-electron chi connectivity index (χ2n) is 17.6. The van der Waals surface area contributed by atoms with E-state index < -0.39 is 0 Å². The molecule has 0 heterocycles. The molecule has 0 N–H and O–H groups in total. The molecule has 0 bridgehead atoms. The average molecular weight is 861 g/mol. The molecule has 0 saturated carbocycles. The zero-order valence-corrected chi connectivity index (χ0v) is 38.3. The number of allylic oxidation sites excluding steroid dienone is 4. The van der Waals surface area contributed by atoms with Crippen LogP contribution in [0.5, 0.6) is 0 Å². The fourth-order valence-corrected chi connectivity index (χ4v) is 11.3. The fraction of sp³-hybridized carbons (Fsp3) is 0.654. The normalized spacial score (nSPS) is 16.3. The van der Waals surface area contributed by atoms with Crippen molar-refractivity contribution in [2.75, 3.05) is 0 Å². The second kappa shape index (κ2) is 22.5. The first kappa shape index (κ1) is 43.7. The Morgan fingerprint density at radius 1 is 0.463 bits per heavy atom. The van der Waals surface area contributed by atoms with Gasteiger partial charge in [-0.25, -0.2) is 0 Å². The Labute approximate surface area is 349 Å². The van der Waals surface area contributed by atoms with Gasteiger partial charge in [-0.2, -0.15) is 0 Å². The lowest BCUT2D eigenvalue weighted by Gasteiger charge is -2.42. The minimum absolute atomic E-state index is 0.0727. The maximum absolute atomic E-state index is 4.01. The quantitative estimate of drug-likeness (QED) is 0.0748. The van der Waals surface area contributed by atoms with E-state index in [1.54, 1.807) is 33.4 Å². The van der Waals surface area contributed by atoms with Crippen molar-refractivity contribution in [2.45, 2.75) is 213 Å². The highest BCUT2D eigenvalue weighted by Gasteiger charge is 2.51. The summed E-state index contributed by atoms with van der Waals surface area (Å²) in [5.74, 6) is 0. The largest absolute Gasteiger partial charge is 0.0657 e. The molecule has 2 aromatic carbocycles. The maximum Gasteiger partial charge on any atom is 0.0221 e. The summed E-state index contributed by atoms with van der Waals surface area (Å²) in [7, 11) is 0. The summed E-state index contributed by atoms with van der Waals surface area (Å²) < 4.78 is 2.47. The standard InChI is InChI=1S/C52H76Br2/c1-5-9-13-17-21-25-33-51(34-26-22-18-14-10-6-2)40-47-44-32-31-43(54)39-48(44)52(35-27-23-19-15-11-7-3,36-28-24-20-16-12-8-4)50(47)46-37-41-29-30-42(53)38-45(41)49(46)51/h29-32,37-40H,5-28,33-36H2,1-4H3. The Balaban J connectivity index is 1.65. The summed E-state index contributed by atoms with van der Waals surface area (Å²) in [4.78, 5) is 0. The second-order valence-corrected chi connectivity index (χ2v) is 19.4. The highest BCUT2D eigenvalue weighted by atomic mass is 79.9. The Morgan fingerprint density at radius 3 is 1.43 bits per heavy atom. The summed E-state index contributed by atoms with van der Waals surface area (Å²) in [6.45, 7) is 9.37. The van der Waals surface area contributed by atoms with Gasteiger partial charge in [-0.15, -0.1) is 0 Å². The molecule has 0 unspecified atom stereocenters. The van der Waals surface area contributed by atoms with Gasteiger partial charge in [-0.05, 0) is 99.9 Å². The number of hydrogen-bond donors (Lipinski definition) is 0. The topological polar surface area (TPSA) is 0 Å². The molecule has 3 aliphatic carbocycles. The first-order valence-corrected chi connectivity index (χ1v) is 24.8. The van der Waals surface area contributed by atoms with Crippen molar-refractivity contribution in [1.29, 1.82) is 0 Å². The lowest BCUT2D eigenvalue weighted by molar-refractivity contribution is 0.375. The number of rotatable bonds is 28. The molecule has 298 valence electrons. The molecule has 0 aliphatic heterocycles. The van der Waals surface area contributed by atoms with Crippen molar-refractivity contribution in [2.24, 2.45) is 5.41 Å². The van der Waals surface area contributed by atoms with Gasteiger partial charge in [-0.3, -0.25) is 0 Å². The Morgan fingerprint density at radius 2 is 0.907 bits per heavy atom. The summed E-state index contributed by atoms with van der Waals surface area (Å²) in [5.41, 5.74) is 9.99. The van der Waals surface area contributed by atoms with Crippen LogP contribution in [0.3, 0.4) is 0 Å². The van der Waals surface area contributed by atoms with Crippen LogP contribution in [0, 0.1) is 5.41 Å². The lowest BCUT2D eigenvalue weighted by Crippen LogP contribution is -2.34. The van der Waals surface area contributed by atoms with Crippen molar-refractivity contribution in [3.63, 3.8) is 0 Å². The molecule has 0 amide bonds. The van der Waals surface area contributed by atoms with E-state index in [1.807, 2.05) is 0 Å².